The van der Waals surface area contributed by atoms with Crippen molar-refractivity contribution in [2.75, 3.05) is 0 Å². The number of rotatable bonds is 0. The van der Waals surface area contributed by atoms with E-state index in [-0.39, 0.29) is 44.8 Å². The van der Waals surface area contributed by atoms with Crippen LogP contribution in [-0.2, 0) is 41.7 Å². The van der Waals surface area contributed by atoms with Gasteiger partial charge in [0.2, 0.25) is 0 Å². The standard InChI is InChI=1S/Bi.Mo.O.V. The molecule has 0 aliphatic carbocycles. The molecule has 0 aromatic heterocycles. The van der Waals surface area contributed by atoms with Gasteiger partial charge in [-0.3, -0.25) is 0 Å². The van der Waals surface area contributed by atoms with E-state index in [4.69, 9.17) is 3.40 Å². The van der Waals surface area contributed by atoms with E-state index in [1.165, 1.54) is 0 Å². The van der Waals surface area contributed by atoms with Gasteiger partial charge in [0.25, 0.3) is 0 Å². The molecule has 4 heavy (non-hydrogen) atoms. The summed E-state index contributed by atoms with van der Waals surface area (Å²) < 4.78 is 8.26. The fourth-order valence-electron chi connectivity index (χ4n) is 0. The molecule has 22 valence electrons. The van der Waals surface area contributed by atoms with Crippen LogP contribution in [0.5, 0.6) is 0 Å². The van der Waals surface area contributed by atoms with E-state index in [0.717, 1.165) is 0 Å². The second kappa shape index (κ2) is 20.3. The average Bonchev–Trinajstić information content (AvgIpc) is 1.00. The number of hydrogen-bond acceptors (Lipinski definition) is 1. The molecule has 1 nitrogen and oxygen atoms in total. The minimum atomic E-state index is 0. The summed E-state index contributed by atoms with van der Waals surface area (Å²) in [5.41, 5.74) is 0. The molecule has 0 aromatic carbocycles. The monoisotopic (exact) mass is 374 g/mol. The zero-order valence-corrected chi connectivity index (χ0v) is 8.59. The molecule has 0 aromatic rings. The van der Waals surface area contributed by atoms with E-state index in [0.29, 0.717) is 19.8 Å². The smallest absolute Gasteiger partial charge is 0 e. The third kappa shape index (κ3) is 9.04. The van der Waals surface area contributed by atoms with Crippen molar-refractivity contribution >= 4 is 26.2 Å². The molecular formula is BiMoOV. The average molecular weight is 372 g/mol. The molecule has 0 saturated carbocycles. The van der Waals surface area contributed by atoms with Gasteiger partial charge in [-0.05, 0) is 0 Å². The first-order chi connectivity index (χ1) is 1.00. The summed E-state index contributed by atoms with van der Waals surface area (Å²) in [5, 5.41) is 0. The zero-order chi connectivity index (χ0) is 2.00. The van der Waals surface area contributed by atoms with E-state index < -0.39 is 0 Å². The molecule has 0 bridgehead atoms. The summed E-state index contributed by atoms with van der Waals surface area (Å²) >= 11 is 0.700. The largest absolute Gasteiger partial charge is 0 e. The van der Waals surface area contributed by atoms with Crippen molar-refractivity contribution in [3.63, 3.8) is 0 Å². The minimum absolute atomic E-state index is 0. The van der Waals surface area contributed by atoms with Crippen LogP contribution in [0, 0.1) is 0 Å². The second-order valence-electron chi connectivity index (χ2n) is 0. The van der Waals surface area contributed by atoms with Gasteiger partial charge >= 0.3 is 23.2 Å². The third-order valence-corrected chi connectivity index (χ3v) is 0. The van der Waals surface area contributed by atoms with Crippen molar-refractivity contribution in [1.82, 2.24) is 0 Å². The van der Waals surface area contributed by atoms with Crippen LogP contribution in [0.1, 0.15) is 0 Å². The van der Waals surface area contributed by atoms with Crippen LogP contribution in [0.15, 0.2) is 0 Å². The van der Waals surface area contributed by atoms with Crippen molar-refractivity contribution in [3.05, 3.63) is 0 Å². The molecule has 0 unspecified atom stereocenters. The van der Waals surface area contributed by atoms with Crippen molar-refractivity contribution in [3.8, 4) is 0 Å². The summed E-state index contributed by atoms with van der Waals surface area (Å²) in [6.45, 7) is 0. The molecular weight excluding hydrogens is 372 g/mol. The molecule has 0 N–H and O–H groups in total. The van der Waals surface area contributed by atoms with Gasteiger partial charge in [0.05, 0.1) is 0 Å². The fraction of sp³-hybridized carbons (Fsp3) is 0. The third-order valence-electron chi connectivity index (χ3n) is 0. The summed E-state index contributed by atoms with van der Waals surface area (Å²) in [6.07, 6.45) is 0. The van der Waals surface area contributed by atoms with Crippen LogP contribution < -0.4 is 0 Å². The first-order valence-electron chi connectivity index (χ1n) is 0.167. The number of hydrogen-bond donors (Lipinski definition) is 0. The Morgan fingerprint density at radius 1 is 1.25 bits per heavy atom. The maximum atomic E-state index is 8.26. The Morgan fingerprint density at radius 3 is 1.25 bits per heavy atom. The van der Waals surface area contributed by atoms with Crippen LogP contribution in [0.2, 0.25) is 0 Å². The maximum absolute atomic E-state index is 8.26. The molecule has 4 radical (unpaired) electrons. The molecule has 0 heterocycles. The van der Waals surface area contributed by atoms with Crippen LogP contribution >= 0.6 is 0 Å². The topological polar surface area (TPSA) is 17.1 Å². The Labute approximate surface area is 67.1 Å². The van der Waals surface area contributed by atoms with E-state index in [9.17, 15) is 0 Å². The van der Waals surface area contributed by atoms with Crippen molar-refractivity contribution < 1.29 is 41.7 Å². The first kappa shape index (κ1) is 16.7. The zero-order valence-electron chi connectivity index (χ0n) is 1.71. The van der Waals surface area contributed by atoms with Gasteiger partial charge in [-0.25, -0.2) is 0 Å². The van der Waals surface area contributed by atoms with Crippen LogP contribution in [0.3, 0.4) is 0 Å². The van der Waals surface area contributed by atoms with Crippen LogP contribution in [0.4, 0.5) is 0 Å². The maximum Gasteiger partial charge on any atom is 0 e. The van der Waals surface area contributed by atoms with Gasteiger partial charge in [0, 0.05) is 44.8 Å². The van der Waals surface area contributed by atoms with E-state index >= 15 is 0 Å². The van der Waals surface area contributed by atoms with Gasteiger partial charge in [0.15, 0.2) is 0 Å². The Hall–Kier alpha value is 1.96. The molecule has 0 amide bonds. The predicted octanol–water partition coefficient (Wildman–Crippen LogP) is -0.505. The SMILES string of the molecule is [Bi].[O]=[Mo].[V]. The Kier molecular flexibility index (Phi) is 84.9. The quantitative estimate of drug-likeness (QED) is 0.525. The van der Waals surface area contributed by atoms with Crippen LogP contribution in [0.25, 0.3) is 0 Å². The van der Waals surface area contributed by atoms with Gasteiger partial charge in [-0.15, -0.1) is 0 Å². The molecule has 0 saturated heterocycles. The predicted molar refractivity (Wildman–Crippen MR) is 6.44 cm³/mol. The molecule has 0 aliphatic rings. The summed E-state index contributed by atoms with van der Waals surface area (Å²) in [6, 6.07) is 0. The van der Waals surface area contributed by atoms with E-state index in [1.807, 2.05) is 0 Å². The van der Waals surface area contributed by atoms with Gasteiger partial charge in [-0.2, -0.15) is 0 Å². The first-order valence-corrected chi connectivity index (χ1v) is 0.986. The Bertz CT molecular complexity index is 8.00. The Morgan fingerprint density at radius 2 is 1.25 bits per heavy atom. The summed E-state index contributed by atoms with van der Waals surface area (Å²) in [7, 11) is 0. The molecule has 4 heteroatoms. The summed E-state index contributed by atoms with van der Waals surface area (Å²) in [5.74, 6) is 0. The molecule has 0 spiro atoms. The van der Waals surface area contributed by atoms with Crippen molar-refractivity contribution in [2.45, 2.75) is 0 Å². The fourth-order valence-corrected chi connectivity index (χ4v) is 0. The van der Waals surface area contributed by atoms with Gasteiger partial charge in [-0.1, -0.05) is 0 Å². The van der Waals surface area contributed by atoms with E-state index in [1.54, 1.807) is 0 Å². The van der Waals surface area contributed by atoms with Crippen molar-refractivity contribution in [2.24, 2.45) is 0 Å². The van der Waals surface area contributed by atoms with Crippen LogP contribution in [-0.4, -0.2) is 26.2 Å². The molecule has 0 fully saturated rings. The molecule has 0 aliphatic heterocycles. The Balaban J connectivity index is -0.00000000500. The molecule has 0 atom stereocenters. The summed E-state index contributed by atoms with van der Waals surface area (Å²) in [4.78, 5) is 0. The second-order valence-corrected chi connectivity index (χ2v) is 0. The van der Waals surface area contributed by atoms with Gasteiger partial charge in [0.1, 0.15) is 0 Å². The molecule has 0 rings (SSSR count). The normalized spacial score (nSPS) is 1.00. The van der Waals surface area contributed by atoms with Crippen molar-refractivity contribution in [1.29, 1.82) is 0 Å². The van der Waals surface area contributed by atoms with E-state index in [2.05, 4.69) is 0 Å². The minimum Gasteiger partial charge on any atom is 0 e. The van der Waals surface area contributed by atoms with Gasteiger partial charge < -0.3 is 0 Å².